The van der Waals surface area contributed by atoms with Crippen LogP contribution in [0.5, 0.6) is 0 Å². The Morgan fingerprint density at radius 1 is 1.50 bits per heavy atom. The maximum Gasteiger partial charge on any atom is 0.0511 e. The minimum atomic E-state index is 0.410. The standard InChI is InChI=1S/C16H25BrN2S/c1-4-8-18-12(2)13-5-6-16(15(17)10-13)19(3)14-7-9-20-11-14/h5-6,10,12,14,18H,4,7-9,11H2,1-3H3. The van der Waals surface area contributed by atoms with Gasteiger partial charge in [0.1, 0.15) is 0 Å². The van der Waals surface area contributed by atoms with E-state index in [0.717, 1.165) is 6.54 Å². The van der Waals surface area contributed by atoms with E-state index in [2.05, 4.69) is 77.0 Å². The van der Waals surface area contributed by atoms with Gasteiger partial charge >= 0.3 is 0 Å². The Morgan fingerprint density at radius 3 is 2.90 bits per heavy atom. The second kappa shape index (κ2) is 7.71. The van der Waals surface area contributed by atoms with Gasteiger partial charge in [0.05, 0.1) is 5.69 Å². The van der Waals surface area contributed by atoms with Crippen molar-refractivity contribution in [3.05, 3.63) is 28.2 Å². The zero-order valence-electron chi connectivity index (χ0n) is 12.7. The SMILES string of the molecule is CCCNC(C)c1ccc(N(C)C2CCSC2)c(Br)c1. The van der Waals surface area contributed by atoms with Crippen LogP contribution in [0.2, 0.25) is 0 Å². The van der Waals surface area contributed by atoms with Crippen molar-refractivity contribution in [3.8, 4) is 0 Å². The quantitative estimate of drug-likeness (QED) is 0.810. The highest BCUT2D eigenvalue weighted by Crippen LogP contribution is 2.33. The molecule has 1 aromatic rings. The molecule has 2 unspecified atom stereocenters. The normalized spacial score (nSPS) is 20.1. The van der Waals surface area contributed by atoms with E-state index < -0.39 is 0 Å². The third-order valence-electron chi connectivity index (χ3n) is 4.01. The number of hydrogen-bond donors (Lipinski definition) is 1. The predicted octanol–water partition coefficient (Wildman–Crippen LogP) is 4.45. The number of hydrogen-bond acceptors (Lipinski definition) is 3. The molecule has 112 valence electrons. The molecule has 0 spiro atoms. The lowest BCUT2D eigenvalue weighted by atomic mass is 10.1. The zero-order valence-corrected chi connectivity index (χ0v) is 15.1. The van der Waals surface area contributed by atoms with Crippen molar-refractivity contribution in [2.45, 2.75) is 38.8 Å². The summed E-state index contributed by atoms with van der Waals surface area (Å²) in [6, 6.07) is 7.87. The minimum absolute atomic E-state index is 0.410. The Bertz CT molecular complexity index is 432. The number of nitrogens with zero attached hydrogens (tertiary/aromatic N) is 1. The summed E-state index contributed by atoms with van der Waals surface area (Å²) in [6.07, 6.45) is 2.47. The van der Waals surface area contributed by atoms with Crippen molar-refractivity contribution >= 4 is 33.4 Å². The molecule has 1 aliphatic rings. The number of thioether (sulfide) groups is 1. The summed E-state index contributed by atoms with van der Waals surface area (Å²) < 4.78 is 1.21. The lowest BCUT2D eigenvalue weighted by Gasteiger charge is -2.27. The summed E-state index contributed by atoms with van der Waals surface area (Å²) in [5.74, 6) is 2.54. The molecule has 0 radical (unpaired) electrons. The summed E-state index contributed by atoms with van der Waals surface area (Å²) >= 11 is 5.82. The first-order chi connectivity index (χ1) is 9.63. The molecule has 2 nitrogen and oxygen atoms in total. The first-order valence-electron chi connectivity index (χ1n) is 7.47. The molecule has 0 saturated carbocycles. The fourth-order valence-corrected chi connectivity index (χ4v) is 4.53. The highest BCUT2D eigenvalue weighted by Gasteiger charge is 2.21. The first-order valence-corrected chi connectivity index (χ1v) is 9.41. The number of halogens is 1. The smallest absolute Gasteiger partial charge is 0.0511 e. The van der Waals surface area contributed by atoms with Gasteiger partial charge in [-0.05, 0) is 65.7 Å². The van der Waals surface area contributed by atoms with Crippen molar-refractivity contribution in [2.75, 3.05) is 30.0 Å². The summed E-state index contributed by atoms with van der Waals surface area (Å²) in [5.41, 5.74) is 2.66. The first kappa shape index (κ1) is 16.2. The summed E-state index contributed by atoms with van der Waals surface area (Å²) in [5, 5.41) is 3.54. The fraction of sp³-hybridized carbons (Fsp3) is 0.625. The van der Waals surface area contributed by atoms with E-state index in [1.807, 2.05) is 0 Å². The van der Waals surface area contributed by atoms with Crippen LogP contribution in [0.25, 0.3) is 0 Å². The van der Waals surface area contributed by atoms with Gasteiger partial charge in [-0.2, -0.15) is 11.8 Å². The Morgan fingerprint density at radius 2 is 2.30 bits per heavy atom. The Kier molecular flexibility index (Phi) is 6.24. The summed E-state index contributed by atoms with van der Waals surface area (Å²) in [4.78, 5) is 2.43. The highest BCUT2D eigenvalue weighted by molar-refractivity contribution is 9.10. The molecule has 0 aromatic heterocycles. The lowest BCUT2D eigenvalue weighted by Crippen LogP contribution is -2.31. The molecular weight excluding hydrogens is 332 g/mol. The van der Waals surface area contributed by atoms with Crippen LogP contribution in [0, 0.1) is 0 Å². The van der Waals surface area contributed by atoms with Gasteiger partial charge in [-0.25, -0.2) is 0 Å². The third kappa shape index (κ3) is 3.92. The largest absolute Gasteiger partial charge is 0.370 e. The van der Waals surface area contributed by atoms with Crippen LogP contribution in [-0.2, 0) is 0 Å². The van der Waals surface area contributed by atoms with Gasteiger partial charge in [-0.1, -0.05) is 13.0 Å². The molecule has 0 amide bonds. The third-order valence-corrected chi connectivity index (χ3v) is 5.79. The molecular formula is C16H25BrN2S. The van der Waals surface area contributed by atoms with Crippen molar-refractivity contribution < 1.29 is 0 Å². The van der Waals surface area contributed by atoms with Gasteiger partial charge < -0.3 is 10.2 Å². The lowest BCUT2D eigenvalue weighted by molar-refractivity contribution is 0.570. The zero-order chi connectivity index (χ0) is 14.5. The highest BCUT2D eigenvalue weighted by atomic mass is 79.9. The van der Waals surface area contributed by atoms with Crippen LogP contribution in [0.4, 0.5) is 5.69 Å². The predicted molar refractivity (Wildman–Crippen MR) is 95.0 cm³/mol. The van der Waals surface area contributed by atoms with Crippen LogP contribution >= 0.6 is 27.7 Å². The Balaban J connectivity index is 2.08. The van der Waals surface area contributed by atoms with Crippen LogP contribution in [-0.4, -0.2) is 31.1 Å². The van der Waals surface area contributed by atoms with Gasteiger partial charge in [0, 0.05) is 29.4 Å². The van der Waals surface area contributed by atoms with Crippen molar-refractivity contribution in [2.24, 2.45) is 0 Å². The monoisotopic (exact) mass is 356 g/mol. The molecule has 1 aromatic carbocycles. The van der Waals surface area contributed by atoms with Gasteiger partial charge in [-0.3, -0.25) is 0 Å². The molecule has 1 heterocycles. The van der Waals surface area contributed by atoms with Crippen LogP contribution in [0.1, 0.15) is 38.3 Å². The van der Waals surface area contributed by atoms with E-state index >= 15 is 0 Å². The van der Waals surface area contributed by atoms with Crippen molar-refractivity contribution in [3.63, 3.8) is 0 Å². The average molecular weight is 357 g/mol. The van der Waals surface area contributed by atoms with Crippen molar-refractivity contribution in [1.29, 1.82) is 0 Å². The molecule has 0 aliphatic carbocycles. The van der Waals surface area contributed by atoms with E-state index in [1.54, 1.807) is 0 Å². The van der Waals surface area contributed by atoms with Gasteiger partial charge in [-0.15, -0.1) is 0 Å². The molecule has 1 aliphatic heterocycles. The summed E-state index contributed by atoms with van der Waals surface area (Å²) in [6.45, 7) is 5.50. The van der Waals surface area contributed by atoms with E-state index in [9.17, 15) is 0 Å². The van der Waals surface area contributed by atoms with E-state index in [1.165, 1.54) is 40.1 Å². The van der Waals surface area contributed by atoms with Gasteiger partial charge in [0.2, 0.25) is 0 Å². The topological polar surface area (TPSA) is 15.3 Å². The fourth-order valence-electron chi connectivity index (χ4n) is 2.58. The Hall–Kier alpha value is -0.190. The number of nitrogens with one attached hydrogen (secondary N) is 1. The molecule has 1 saturated heterocycles. The Labute approximate surface area is 135 Å². The van der Waals surface area contributed by atoms with Crippen LogP contribution in [0.15, 0.2) is 22.7 Å². The summed E-state index contributed by atoms with van der Waals surface area (Å²) in [7, 11) is 2.22. The van der Waals surface area contributed by atoms with E-state index in [4.69, 9.17) is 0 Å². The second-order valence-corrected chi connectivity index (χ2v) is 7.52. The average Bonchev–Trinajstić information content (AvgIpc) is 2.98. The molecule has 1 fully saturated rings. The minimum Gasteiger partial charge on any atom is -0.370 e. The number of benzene rings is 1. The van der Waals surface area contributed by atoms with Crippen molar-refractivity contribution in [1.82, 2.24) is 5.32 Å². The molecule has 20 heavy (non-hydrogen) atoms. The maximum absolute atomic E-state index is 3.76. The van der Waals surface area contributed by atoms with Gasteiger partial charge in [0.15, 0.2) is 0 Å². The molecule has 1 N–H and O–H groups in total. The van der Waals surface area contributed by atoms with Crippen LogP contribution < -0.4 is 10.2 Å². The molecule has 0 bridgehead atoms. The maximum atomic E-state index is 3.76. The number of anilines is 1. The van der Waals surface area contributed by atoms with Crippen LogP contribution in [0.3, 0.4) is 0 Å². The molecule has 2 rings (SSSR count). The van der Waals surface area contributed by atoms with E-state index in [-0.39, 0.29) is 0 Å². The molecule has 4 heteroatoms. The second-order valence-electron chi connectivity index (χ2n) is 5.51. The number of rotatable bonds is 6. The van der Waals surface area contributed by atoms with Gasteiger partial charge in [0.25, 0.3) is 0 Å². The van der Waals surface area contributed by atoms with E-state index in [0.29, 0.717) is 12.1 Å². The molecule has 2 atom stereocenters.